The molecule has 2 unspecified atom stereocenters. The Balaban J connectivity index is 1.29. The minimum atomic E-state index is -0.0563. The van der Waals surface area contributed by atoms with Crippen LogP contribution in [0.1, 0.15) is 17.9 Å². The van der Waals surface area contributed by atoms with Crippen LogP contribution in [0.4, 0.5) is 0 Å². The molecule has 0 spiro atoms. The second-order valence-electron chi connectivity index (χ2n) is 12.0. The van der Waals surface area contributed by atoms with Gasteiger partial charge in [-0.15, -0.1) is 0 Å². The number of imidazole rings is 2. The topological polar surface area (TPSA) is 64.7 Å². The quantitative estimate of drug-likeness (QED) is 0.109. The molecule has 6 heteroatoms. The molecule has 0 radical (unpaired) electrons. The Morgan fingerprint density at radius 3 is 2.00 bits per heavy atom. The van der Waals surface area contributed by atoms with Crippen LogP contribution in [-0.4, -0.2) is 18.9 Å². The van der Waals surface area contributed by atoms with Crippen molar-refractivity contribution in [1.29, 1.82) is 0 Å². The third kappa shape index (κ3) is 2.25. The lowest BCUT2D eigenvalue weighted by Crippen LogP contribution is -2.13. The van der Waals surface area contributed by atoms with Gasteiger partial charge in [0.1, 0.15) is 17.6 Å². The predicted octanol–water partition coefficient (Wildman–Crippen LogP) is 8.09. The summed E-state index contributed by atoms with van der Waals surface area (Å²) in [7, 11) is 0. The maximum atomic E-state index is 14.0. The van der Waals surface area contributed by atoms with E-state index in [1.807, 2.05) is 36.4 Å². The molecule has 12 rings (SSSR count). The summed E-state index contributed by atoms with van der Waals surface area (Å²) in [5.41, 5.74) is 6.80. The lowest BCUT2D eigenvalue weighted by atomic mass is 9.85. The van der Waals surface area contributed by atoms with Crippen molar-refractivity contribution in [1.82, 2.24) is 18.9 Å². The third-order valence-electron chi connectivity index (χ3n) is 10.0. The number of pyridine rings is 1. The van der Waals surface area contributed by atoms with Crippen LogP contribution in [0.15, 0.2) is 102 Å². The number of rotatable bonds is 0. The molecule has 2 atom stereocenters. The molecular formula is C37H18N4O2. The Labute approximate surface area is 241 Å². The second kappa shape index (κ2) is 6.72. The molecule has 2 aliphatic heterocycles. The maximum Gasteiger partial charge on any atom is 0.264 e. The van der Waals surface area contributed by atoms with E-state index in [0.717, 1.165) is 65.8 Å². The van der Waals surface area contributed by atoms with Gasteiger partial charge in [-0.25, -0.2) is 9.97 Å². The highest BCUT2D eigenvalue weighted by Crippen LogP contribution is 2.57. The average Bonchev–Trinajstić information content (AvgIpc) is 3.60. The van der Waals surface area contributed by atoms with Crippen molar-refractivity contribution < 1.29 is 4.74 Å². The van der Waals surface area contributed by atoms with Crippen LogP contribution in [0.3, 0.4) is 0 Å². The average molecular weight is 551 g/mol. The summed E-state index contributed by atoms with van der Waals surface area (Å²) in [6, 6.07) is 33.7. The van der Waals surface area contributed by atoms with E-state index in [1.165, 1.54) is 27.1 Å². The van der Waals surface area contributed by atoms with Crippen LogP contribution >= 0.6 is 0 Å². The van der Waals surface area contributed by atoms with E-state index < -0.39 is 0 Å². The van der Waals surface area contributed by atoms with Crippen molar-refractivity contribution in [3.63, 3.8) is 0 Å². The van der Waals surface area contributed by atoms with Gasteiger partial charge in [-0.05, 0) is 85.7 Å². The van der Waals surface area contributed by atoms with Gasteiger partial charge in [-0.1, -0.05) is 54.6 Å². The minimum Gasteiger partial charge on any atom is -0.342 e. The zero-order valence-electron chi connectivity index (χ0n) is 22.5. The smallest absolute Gasteiger partial charge is 0.264 e. The van der Waals surface area contributed by atoms with Crippen molar-refractivity contribution in [2.75, 3.05) is 0 Å². The van der Waals surface area contributed by atoms with Gasteiger partial charge in [-0.3, -0.25) is 13.8 Å². The van der Waals surface area contributed by atoms with Crippen molar-refractivity contribution in [2.24, 2.45) is 0 Å². The normalized spacial score (nSPS) is 17.8. The zero-order chi connectivity index (χ0) is 27.7. The molecule has 10 aromatic rings. The van der Waals surface area contributed by atoms with Crippen LogP contribution in [0.5, 0.6) is 0 Å². The first kappa shape index (κ1) is 21.2. The maximum absolute atomic E-state index is 14.0. The SMILES string of the molecule is O=c1c2ccc3c4ccc5c6c(ccc(c7ccc(c2c37)c2nc3ccccc3n12)c64)-c1nc2ccccc2n1C1OC51. The van der Waals surface area contributed by atoms with Gasteiger partial charge < -0.3 is 4.74 Å². The largest absolute Gasteiger partial charge is 0.342 e. The third-order valence-corrected chi connectivity index (χ3v) is 10.0. The second-order valence-corrected chi connectivity index (χ2v) is 12.0. The van der Waals surface area contributed by atoms with Gasteiger partial charge >= 0.3 is 0 Å². The summed E-state index contributed by atoms with van der Waals surface area (Å²) in [4.78, 5) is 24.1. The standard InChI is InChI=1S/C37H18N4O2/c42-36-24-16-12-20-17-9-13-21-31-22(35-39-26-6-2-4-8-28(26)41(35)37-33(21)43-37)14-10-18(29(17)31)19-11-15-23(32(24)30(19)20)34-38-25-5-1-3-7-27(25)40(34)36/h1-16,33,37H. The summed E-state index contributed by atoms with van der Waals surface area (Å²) in [5, 5.41) is 10.9. The molecule has 43 heavy (non-hydrogen) atoms. The van der Waals surface area contributed by atoms with E-state index in [-0.39, 0.29) is 17.9 Å². The van der Waals surface area contributed by atoms with Gasteiger partial charge in [0.2, 0.25) is 0 Å². The molecular weight excluding hydrogens is 532 g/mol. The molecule has 0 aliphatic carbocycles. The summed E-state index contributed by atoms with van der Waals surface area (Å²) in [6.45, 7) is 0. The van der Waals surface area contributed by atoms with Crippen molar-refractivity contribution in [3.8, 4) is 11.4 Å². The molecule has 0 bridgehead atoms. The van der Waals surface area contributed by atoms with Crippen molar-refractivity contribution >= 4 is 81.6 Å². The first-order chi connectivity index (χ1) is 21.3. The first-order valence-corrected chi connectivity index (χ1v) is 14.6. The number of aromatic nitrogens is 4. The molecule has 2 aliphatic rings. The number of para-hydroxylation sites is 4. The molecule has 1 fully saturated rings. The Kier molecular flexibility index (Phi) is 3.31. The molecule has 0 saturated carbocycles. The summed E-state index contributed by atoms with van der Waals surface area (Å²) < 4.78 is 10.4. The zero-order valence-corrected chi connectivity index (χ0v) is 22.5. The van der Waals surface area contributed by atoms with Gasteiger partial charge in [0.25, 0.3) is 5.56 Å². The highest BCUT2D eigenvalue weighted by atomic mass is 16.6. The minimum absolute atomic E-state index is 0.00992. The number of epoxide rings is 1. The number of hydrogen-bond acceptors (Lipinski definition) is 4. The molecule has 1 saturated heterocycles. The van der Waals surface area contributed by atoms with E-state index in [0.29, 0.717) is 5.65 Å². The number of nitrogens with zero attached hydrogens (tertiary/aromatic N) is 4. The molecule has 3 aromatic heterocycles. The van der Waals surface area contributed by atoms with Crippen LogP contribution in [0.25, 0.3) is 93.0 Å². The van der Waals surface area contributed by atoms with Crippen LogP contribution in [0, 0.1) is 0 Å². The van der Waals surface area contributed by atoms with E-state index in [4.69, 9.17) is 14.7 Å². The fraction of sp³-hybridized carbons (Fsp3) is 0.0541. The monoisotopic (exact) mass is 550 g/mol. The highest BCUT2D eigenvalue weighted by Gasteiger charge is 2.47. The van der Waals surface area contributed by atoms with Crippen LogP contribution in [-0.2, 0) is 4.74 Å². The molecule has 0 amide bonds. The lowest BCUT2D eigenvalue weighted by molar-refractivity contribution is 0.339. The van der Waals surface area contributed by atoms with Crippen LogP contribution in [0.2, 0.25) is 0 Å². The molecule has 5 heterocycles. The Morgan fingerprint density at radius 2 is 1.19 bits per heavy atom. The Hall–Kier alpha value is -5.59. The lowest BCUT2D eigenvalue weighted by Gasteiger charge is -2.19. The number of ether oxygens (including phenoxy) is 1. The van der Waals surface area contributed by atoms with E-state index in [1.54, 1.807) is 4.40 Å². The van der Waals surface area contributed by atoms with Gasteiger partial charge in [0, 0.05) is 21.7 Å². The molecule has 0 N–H and O–H groups in total. The molecule has 6 nitrogen and oxygen atoms in total. The highest BCUT2D eigenvalue weighted by molar-refractivity contribution is 6.38. The molecule has 7 aromatic carbocycles. The Bertz CT molecular complexity index is 2950. The fourth-order valence-electron chi connectivity index (χ4n) is 8.26. The molecule has 198 valence electrons. The van der Waals surface area contributed by atoms with Crippen molar-refractivity contribution in [3.05, 3.63) is 113 Å². The van der Waals surface area contributed by atoms with Crippen LogP contribution < -0.4 is 5.56 Å². The predicted molar refractivity (Wildman–Crippen MR) is 170 cm³/mol. The van der Waals surface area contributed by atoms with Gasteiger partial charge in [0.15, 0.2) is 6.23 Å². The summed E-state index contributed by atoms with van der Waals surface area (Å²) in [5.74, 6) is 0.955. The Morgan fingerprint density at radius 1 is 0.581 bits per heavy atom. The summed E-state index contributed by atoms with van der Waals surface area (Å²) in [6.07, 6.45) is -0.0662. The van der Waals surface area contributed by atoms with Crippen molar-refractivity contribution in [2.45, 2.75) is 12.3 Å². The number of benzene rings is 7. The number of hydrogen-bond donors (Lipinski definition) is 0. The number of fused-ring (bicyclic) bond motifs is 13. The fourth-order valence-corrected chi connectivity index (χ4v) is 8.26. The van der Waals surface area contributed by atoms with E-state index >= 15 is 0 Å². The first-order valence-electron chi connectivity index (χ1n) is 14.6. The van der Waals surface area contributed by atoms with E-state index in [9.17, 15) is 4.79 Å². The van der Waals surface area contributed by atoms with Gasteiger partial charge in [0.05, 0.1) is 22.1 Å². The van der Waals surface area contributed by atoms with Gasteiger partial charge in [-0.2, -0.15) is 0 Å². The summed E-state index contributed by atoms with van der Waals surface area (Å²) >= 11 is 0. The van der Waals surface area contributed by atoms with E-state index in [2.05, 4.69) is 65.2 Å².